The van der Waals surface area contributed by atoms with Crippen molar-refractivity contribution in [2.75, 3.05) is 16.8 Å². The Bertz CT molecular complexity index is 2150. The van der Waals surface area contributed by atoms with Gasteiger partial charge in [0, 0.05) is 21.7 Å². The summed E-state index contributed by atoms with van der Waals surface area (Å²) < 4.78 is 85.6. The Balaban J connectivity index is 1.06. The van der Waals surface area contributed by atoms with Gasteiger partial charge in [0.25, 0.3) is 5.91 Å². The average molecular weight is 746 g/mol. The van der Waals surface area contributed by atoms with Gasteiger partial charge >= 0.3 is 17.2 Å². The molecule has 2 aliphatic carbocycles. The maximum absolute atomic E-state index is 14.0. The normalized spacial score (nSPS) is 26.5. The molecule has 4 unspecified atom stereocenters. The van der Waals surface area contributed by atoms with Crippen LogP contribution in [0.4, 0.5) is 37.7 Å². The molecule has 3 amide bonds. The number of nitrogens with one attached hydrogen (secondary N) is 2. The first-order valence-electron chi connectivity index (χ1n) is 15.8. The third-order valence-corrected chi connectivity index (χ3v) is 12.8. The number of carbonyl (C=O) groups is 3. The number of imide groups is 1. The van der Waals surface area contributed by atoms with E-state index in [2.05, 4.69) is 10.3 Å². The topological polar surface area (TPSA) is 109 Å². The van der Waals surface area contributed by atoms with Gasteiger partial charge in [0.1, 0.15) is 5.75 Å². The van der Waals surface area contributed by atoms with E-state index in [9.17, 15) is 45.5 Å². The zero-order valence-corrected chi connectivity index (χ0v) is 27.6. The highest BCUT2D eigenvalue weighted by Gasteiger charge is 2.69. The summed E-state index contributed by atoms with van der Waals surface area (Å²) in [5, 5.41) is 2.87. The van der Waals surface area contributed by atoms with Crippen LogP contribution in [0, 0.1) is 29.6 Å². The van der Waals surface area contributed by atoms with Crippen molar-refractivity contribution in [2.45, 2.75) is 35.0 Å². The fourth-order valence-corrected chi connectivity index (χ4v) is 11.3. The first kappa shape index (κ1) is 33.6. The second-order valence-corrected chi connectivity index (χ2v) is 15.2. The van der Waals surface area contributed by atoms with Crippen LogP contribution in [0.25, 0.3) is 0 Å². The molecule has 4 aliphatic rings. The fourth-order valence-electron chi connectivity index (χ4n) is 8.38. The summed E-state index contributed by atoms with van der Waals surface area (Å²) >= 11 is 2.50. The predicted molar refractivity (Wildman–Crippen MR) is 174 cm³/mol. The smallest absolute Gasteiger partial charge is 0.416 e. The highest BCUT2D eigenvalue weighted by molar-refractivity contribution is 8.00. The largest absolute Gasteiger partial charge is 0.484 e. The Morgan fingerprint density at radius 1 is 0.863 bits per heavy atom. The molecule has 3 aromatic carbocycles. The number of rotatable bonds is 6. The summed E-state index contributed by atoms with van der Waals surface area (Å²) in [4.78, 5) is 57.3. The number of aromatic amines is 1. The molecule has 0 spiro atoms. The van der Waals surface area contributed by atoms with Gasteiger partial charge in [0.15, 0.2) is 6.61 Å². The van der Waals surface area contributed by atoms with Crippen LogP contribution in [0.5, 0.6) is 5.75 Å². The standard InChI is InChI=1S/C35H25F6N3O5S2/c36-34(37,38)16-5-2-7-18(11-16)42-23(45)14-49-20-9-1-4-15(10-20)24-25-21-13-22(28(25)50-30-29(24)51-33(48)43-30)27-26(21)31(46)44(32(27)47)19-8-3-6-17(12-19)35(39,40)41/h1-12,21-22,24-28H,13-14H2,(H,42,45)(H,43,48)/t21-,22-,24-,25?,26?,27?,28?/m1/s1. The number of hydrogen-bond donors (Lipinski definition) is 2. The number of fused-ring (bicyclic) bond motifs is 9. The summed E-state index contributed by atoms with van der Waals surface area (Å²) in [6, 6.07) is 15.3. The zero-order valence-electron chi connectivity index (χ0n) is 26.0. The number of amides is 3. The first-order valence-corrected chi connectivity index (χ1v) is 17.5. The quantitative estimate of drug-likeness (QED) is 0.160. The van der Waals surface area contributed by atoms with E-state index >= 15 is 0 Å². The van der Waals surface area contributed by atoms with Crippen LogP contribution < -0.4 is 19.8 Å². The van der Waals surface area contributed by atoms with Crippen molar-refractivity contribution in [2.24, 2.45) is 29.6 Å². The number of ether oxygens (including phenoxy) is 1. The van der Waals surface area contributed by atoms with Crippen molar-refractivity contribution < 1.29 is 45.5 Å². The van der Waals surface area contributed by atoms with Gasteiger partial charge in [-0.2, -0.15) is 26.3 Å². The molecule has 3 fully saturated rings. The second-order valence-electron chi connectivity index (χ2n) is 13.0. The summed E-state index contributed by atoms with van der Waals surface area (Å²) in [7, 11) is 0. The molecular weight excluding hydrogens is 721 g/mol. The summed E-state index contributed by atoms with van der Waals surface area (Å²) in [5.74, 6) is -4.07. The van der Waals surface area contributed by atoms with E-state index in [1.807, 2.05) is 6.07 Å². The van der Waals surface area contributed by atoms with Crippen molar-refractivity contribution >= 4 is 52.2 Å². The Morgan fingerprint density at radius 2 is 1.53 bits per heavy atom. The SMILES string of the molecule is O=C(COc1cccc([C@H]2c3sc(=O)[nH]c3SC3C2[C@H]2C[C@@H]3C3C(=O)N(c4cccc(C(F)(F)F)c4)C(=O)C32)c1)Nc1cccc(C(F)(F)F)c1. The van der Waals surface area contributed by atoms with Crippen LogP contribution in [-0.4, -0.2) is 34.6 Å². The number of thioether (sulfide) groups is 1. The predicted octanol–water partition coefficient (Wildman–Crippen LogP) is 7.17. The van der Waals surface area contributed by atoms with Crippen LogP contribution in [0.3, 0.4) is 0 Å². The Hall–Kier alpha value is -4.57. The molecule has 2 aliphatic heterocycles. The summed E-state index contributed by atoms with van der Waals surface area (Å²) in [5.41, 5.74) is -1.31. The first-order chi connectivity index (χ1) is 24.2. The van der Waals surface area contributed by atoms with Gasteiger partial charge in [-0.05, 0) is 78.3 Å². The molecule has 2 N–H and O–H groups in total. The molecule has 3 heterocycles. The molecule has 2 bridgehead atoms. The number of carbonyl (C=O) groups excluding carboxylic acids is 3. The van der Waals surface area contributed by atoms with Gasteiger partial charge in [-0.25, -0.2) is 0 Å². The maximum atomic E-state index is 14.0. The maximum Gasteiger partial charge on any atom is 0.416 e. The van der Waals surface area contributed by atoms with Gasteiger partial charge in [0.2, 0.25) is 11.8 Å². The Labute approximate surface area is 293 Å². The lowest BCUT2D eigenvalue weighted by molar-refractivity contribution is -0.138. The Morgan fingerprint density at radius 3 is 2.25 bits per heavy atom. The molecule has 8 rings (SSSR count). The summed E-state index contributed by atoms with van der Waals surface area (Å²) in [6.07, 6.45) is -8.68. The molecule has 1 saturated heterocycles. The van der Waals surface area contributed by atoms with E-state index < -0.39 is 65.6 Å². The lowest BCUT2D eigenvalue weighted by Gasteiger charge is -2.43. The second kappa shape index (κ2) is 12.0. The lowest BCUT2D eigenvalue weighted by Crippen LogP contribution is -2.42. The van der Waals surface area contributed by atoms with Gasteiger partial charge in [-0.3, -0.25) is 24.1 Å². The van der Waals surface area contributed by atoms with Crippen LogP contribution in [0.15, 0.2) is 82.6 Å². The van der Waals surface area contributed by atoms with Crippen LogP contribution in [-0.2, 0) is 26.7 Å². The van der Waals surface area contributed by atoms with Gasteiger partial charge in [0.05, 0.1) is 33.7 Å². The summed E-state index contributed by atoms with van der Waals surface area (Å²) in [6.45, 7) is -0.508. The average Bonchev–Trinajstić information content (AvgIpc) is 3.82. The molecule has 51 heavy (non-hydrogen) atoms. The van der Waals surface area contributed by atoms with E-state index in [-0.39, 0.29) is 45.0 Å². The number of benzene rings is 3. The number of H-pyrrole nitrogens is 1. The molecule has 16 heteroatoms. The molecule has 2 saturated carbocycles. The number of hydrogen-bond acceptors (Lipinski definition) is 7. The third-order valence-electron chi connectivity index (χ3n) is 10.2. The van der Waals surface area contributed by atoms with Gasteiger partial charge in [-0.15, -0.1) is 11.8 Å². The van der Waals surface area contributed by atoms with Gasteiger partial charge < -0.3 is 15.0 Å². The Kier molecular flexibility index (Phi) is 7.90. The van der Waals surface area contributed by atoms with Crippen LogP contribution in [0.1, 0.15) is 33.9 Å². The lowest BCUT2D eigenvalue weighted by atomic mass is 9.68. The molecule has 264 valence electrons. The van der Waals surface area contributed by atoms with Crippen molar-refractivity contribution in [3.63, 3.8) is 0 Å². The van der Waals surface area contributed by atoms with Crippen molar-refractivity contribution in [3.8, 4) is 5.75 Å². The molecule has 4 aromatic rings. The molecule has 0 radical (unpaired) electrons. The van der Waals surface area contributed by atoms with E-state index in [1.54, 1.807) is 18.2 Å². The number of anilines is 2. The number of thiazole rings is 1. The molecule has 8 nitrogen and oxygen atoms in total. The number of aromatic nitrogens is 1. The fraction of sp³-hybridized carbons (Fsp3) is 0.314. The molecular formula is C35H25F6N3O5S2. The highest BCUT2D eigenvalue weighted by atomic mass is 32.2. The zero-order chi connectivity index (χ0) is 36.0. The number of nitrogens with zero attached hydrogens (tertiary/aromatic N) is 1. The van der Waals surface area contributed by atoms with Gasteiger partial charge in [-0.1, -0.05) is 35.6 Å². The number of alkyl halides is 6. The van der Waals surface area contributed by atoms with Crippen molar-refractivity contribution in [1.82, 2.24) is 4.98 Å². The third kappa shape index (κ3) is 5.72. The van der Waals surface area contributed by atoms with Crippen LogP contribution >= 0.6 is 23.1 Å². The van der Waals surface area contributed by atoms with E-state index in [0.29, 0.717) is 11.4 Å². The van der Waals surface area contributed by atoms with Crippen molar-refractivity contribution in [1.29, 1.82) is 0 Å². The van der Waals surface area contributed by atoms with E-state index in [0.717, 1.165) is 50.9 Å². The monoisotopic (exact) mass is 745 g/mol. The molecule has 7 atom stereocenters. The minimum Gasteiger partial charge on any atom is -0.484 e. The molecule has 1 aromatic heterocycles. The minimum absolute atomic E-state index is 0.0473. The number of halogens is 6. The van der Waals surface area contributed by atoms with Crippen LogP contribution in [0.2, 0.25) is 0 Å². The van der Waals surface area contributed by atoms with E-state index in [1.165, 1.54) is 36.0 Å². The highest BCUT2D eigenvalue weighted by Crippen LogP contribution is 2.68. The van der Waals surface area contributed by atoms with E-state index in [4.69, 9.17) is 4.74 Å². The minimum atomic E-state index is -4.66. The van der Waals surface area contributed by atoms with Crippen molar-refractivity contribution in [3.05, 3.63) is 104 Å².